The predicted octanol–water partition coefficient (Wildman–Crippen LogP) is 6.82. The average Bonchev–Trinajstić information content (AvgIpc) is 2.81. The minimum absolute atomic E-state index is 0. The van der Waals surface area contributed by atoms with Crippen LogP contribution in [0.4, 0.5) is 28.8 Å². The molecule has 0 aliphatic rings. The molecule has 4 aromatic rings. The molecular weight excluding hydrogens is 457 g/mol. The van der Waals surface area contributed by atoms with E-state index in [4.69, 9.17) is 14.7 Å². The Kier molecular flexibility index (Phi) is 9.57. The van der Waals surface area contributed by atoms with Gasteiger partial charge in [-0.15, -0.1) is 24.8 Å². The van der Waals surface area contributed by atoms with Crippen molar-refractivity contribution in [2.45, 2.75) is 13.8 Å². The highest BCUT2D eigenvalue weighted by Crippen LogP contribution is 2.27. The SMILES string of the molecule is CCN(CC)c1ccc(Nc2nc(Nc3ccc(OC)cc3)c3ccccc3n2)cc1.Cl.Cl. The lowest BCUT2D eigenvalue weighted by molar-refractivity contribution is 0.415. The highest BCUT2D eigenvalue weighted by molar-refractivity contribution is 5.92. The maximum absolute atomic E-state index is 5.25. The van der Waals surface area contributed by atoms with Gasteiger partial charge >= 0.3 is 0 Å². The molecule has 33 heavy (non-hydrogen) atoms. The zero-order valence-electron chi connectivity index (χ0n) is 18.9. The highest BCUT2D eigenvalue weighted by atomic mass is 35.5. The van der Waals surface area contributed by atoms with Gasteiger partial charge in [-0.3, -0.25) is 0 Å². The second-order valence-corrected chi connectivity index (χ2v) is 7.11. The number of rotatable bonds is 8. The van der Waals surface area contributed by atoms with Gasteiger partial charge in [-0.2, -0.15) is 4.98 Å². The number of anilines is 5. The molecule has 0 amide bonds. The summed E-state index contributed by atoms with van der Waals surface area (Å²) in [5, 5.41) is 7.71. The summed E-state index contributed by atoms with van der Waals surface area (Å²) in [6, 6.07) is 24.1. The molecule has 1 aromatic heterocycles. The molecule has 3 aromatic carbocycles. The van der Waals surface area contributed by atoms with Gasteiger partial charge in [-0.05, 0) is 74.5 Å². The fourth-order valence-electron chi connectivity index (χ4n) is 3.51. The second-order valence-electron chi connectivity index (χ2n) is 7.11. The van der Waals surface area contributed by atoms with E-state index in [2.05, 4.69) is 53.6 Å². The van der Waals surface area contributed by atoms with Gasteiger partial charge in [-0.25, -0.2) is 4.98 Å². The molecule has 0 aliphatic heterocycles. The molecule has 0 atom stereocenters. The van der Waals surface area contributed by atoms with E-state index >= 15 is 0 Å². The molecule has 0 fully saturated rings. The summed E-state index contributed by atoms with van der Waals surface area (Å²) in [4.78, 5) is 11.8. The van der Waals surface area contributed by atoms with Gasteiger partial charge in [0.05, 0.1) is 12.6 Å². The summed E-state index contributed by atoms with van der Waals surface area (Å²) < 4.78 is 5.25. The number of fused-ring (bicyclic) bond motifs is 1. The van der Waals surface area contributed by atoms with Crippen molar-refractivity contribution < 1.29 is 4.74 Å². The number of nitrogens with one attached hydrogen (secondary N) is 2. The van der Waals surface area contributed by atoms with E-state index in [0.717, 1.165) is 46.9 Å². The maximum Gasteiger partial charge on any atom is 0.229 e. The Bertz CT molecular complexity index is 1150. The fraction of sp³-hybridized carbons (Fsp3) is 0.200. The number of para-hydroxylation sites is 1. The quantitative estimate of drug-likeness (QED) is 0.285. The number of hydrogen-bond acceptors (Lipinski definition) is 6. The summed E-state index contributed by atoms with van der Waals surface area (Å²) in [5.41, 5.74) is 3.95. The van der Waals surface area contributed by atoms with Crippen LogP contribution in [0.25, 0.3) is 10.9 Å². The van der Waals surface area contributed by atoms with Crippen molar-refractivity contribution in [3.8, 4) is 5.75 Å². The van der Waals surface area contributed by atoms with Gasteiger partial charge in [0.15, 0.2) is 0 Å². The Morgan fingerprint density at radius 3 is 2.00 bits per heavy atom. The van der Waals surface area contributed by atoms with E-state index < -0.39 is 0 Å². The number of hydrogen-bond donors (Lipinski definition) is 2. The van der Waals surface area contributed by atoms with Gasteiger partial charge in [-0.1, -0.05) is 12.1 Å². The molecule has 0 saturated carbocycles. The van der Waals surface area contributed by atoms with Crippen LogP contribution in [0.3, 0.4) is 0 Å². The number of methoxy groups -OCH3 is 1. The number of nitrogens with zero attached hydrogens (tertiary/aromatic N) is 3. The van der Waals surface area contributed by atoms with Crippen LogP contribution in [0.2, 0.25) is 0 Å². The standard InChI is InChI=1S/C25H27N5O.2ClH/c1-4-30(5-2)20-14-10-19(11-15-20)27-25-28-23-9-7-6-8-22(23)24(29-25)26-18-12-16-21(31-3)17-13-18;;/h6-17H,4-5H2,1-3H3,(H2,26,27,28,29);2*1H. The third-order valence-electron chi connectivity index (χ3n) is 5.21. The molecule has 2 N–H and O–H groups in total. The third kappa shape index (κ3) is 6.18. The first-order chi connectivity index (χ1) is 15.2. The van der Waals surface area contributed by atoms with Crippen LogP contribution >= 0.6 is 24.8 Å². The summed E-state index contributed by atoms with van der Waals surface area (Å²) in [5.74, 6) is 2.11. The largest absolute Gasteiger partial charge is 0.497 e. The Balaban J connectivity index is 0.00000193. The Morgan fingerprint density at radius 1 is 0.758 bits per heavy atom. The van der Waals surface area contributed by atoms with Crippen molar-refractivity contribution in [1.29, 1.82) is 0 Å². The smallest absolute Gasteiger partial charge is 0.229 e. The lowest BCUT2D eigenvalue weighted by Crippen LogP contribution is -2.21. The first-order valence-electron chi connectivity index (χ1n) is 10.5. The topological polar surface area (TPSA) is 62.3 Å². The van der Waals surface area contributed by atoms with E-state index in [1.54, 1.807) is 7.11 Å². The van der Waals surface area contributed by atoms with Crippen molar-refractivity contribution in [3.63, 3.8) is 0 Å². The van der Waals surface area contributed by atoms with Crippen LogP contribution in [0.5, 0.6) is 5.75 Å². The molecule has 4 rings (SSSR count). The van der Waals surface area contributed by atoms with E-state index in [0.29, 0.717) is 5.95 Å². The summed E-state index contributed by atoms with van der Waals surface area (Å²) in [6.45, 7) is 6.29. The van der Waals surface area contributed by atoms with Crippen molar-refractivity contribution >= 4 is 64.5 Å². The fourth-order valence-corrected chi connectivity index (χ4v) is 3.51. The Hall–Kier alpha value is -3.22. The molecule has 0 spiro atoms. The summed E-state index contributed by atoms with van der Waals surface area (Å²) in [7, 11) is 1.66. The Morgan fingerprint density at radius 2 is 1.36 bits per heavy atom. The van der Waals surface area contributed by atoms with Gasteiger partial charge in [0.25, 0.3) is 0 Å². The zero-order chi connectivity index (χ0) is 21.6. The van der Waals surface area contributed by atoms with Gasteiger partial charge in [0, 0.05) is 35.5 Å². The second kappa shape index (κ2) is 12.1. The van der Waals surface area contributed by atoms with Crippen molar-refractivity contribution in [3.05, 3.63) is 72.8 Å². The van der Waals surface area contributed by atoms with E-state index in [1.807, 2.05) is 48.5 Å². The minimum Gasteiger partial charge on any atom is -0.497 e. The van der Waals surface area contributed by atoms with Crippen LogP contribution in [0.15, 0.2) is 72.8 Å². The Labute approximate surface area is 207 Å². The highest BCUT2D eigenvalue weighted by Gasteiger charge is 2.09. The first-order valence-corrected chi connectivity index (χ1v) is 10.5. The van der Waals surface area contributed by atoms with Gasteiger partial charge in [0.2, 0.25) is 5.95 Å². The molecule has 0 bridgehead atoms. The maximum atomic E-state index is 5.25. The van der Waals surface area contributed by atoms with E-state index in [-0.39, 0.29) is 24.8 Å². The zero-order valence-corrected chi connectivity index (χ0v) is 20.5. The normalized spacial score (nSPS) is 10.0. The van der Waals surface area contributed by atoms with Crippen LogP contribution in [0, 0.1) is 0 Å². The number of halogens is 2. The molecule has 0 unspecified atom stereocenters. The minimum atomic E-state index is 0. The summed E-state index contributed by atoms with van der Waals surface area (Å²) >= 11 is 0. The molecule has 174 valence electrons. The first kappa shape index (κ1) is 26.0. The van der Waals surface area contributed by atoms with Crippen LogP contribution in [-0.4, -0.2) is 30.2 Å². The van der Waals surface area contributed by atoms with E-state index in [1.165, 1.54) is 5.69 Å². The molecule has 6 nitrogen and oxygen atoms in total. The predicted molar refractivity (Wildman–Crippen MR) is 144 cm³/mol. The molecule has 1 heterocycles. The lowest BCUT2D eigenvalue weighted by atomic mass is 10.2. The molecular formula is C25H29Cl2N5O. The monoisotopic (exact) mass is 485 g/mol. The lowest BCUT2D eigenvalue weighted by Gasteiger charge is -2.21. The van der Waals surface area contributed by atoms with Crippen molar-refractivity contribution in [1.82, 2.24) is 9.97 Å². The van der Waals surface area contributed by atoms with Crippen molar-refractivity contribution in [2.24, 2.45) is 0 Å². The molecule has 8 heteroatoms. The number of aromatic nitrogens is 2. The van der Waals surface area contributed by atoms with Crippen LogP contribution in [-0.2, 0) is 0 Å². The van der Waals surface area contributed by atoms with Gasteiger partial charge < -0.3 is 20.3 Å². The third-order valence-corrected chi connectivity index (χ3v) is 5.21. The number of benzene rings is 3. The molecule has 0 saturated heterocycles. The average molecular weight is 486 g/mol. The van der Waals surface area contributed by atoms with Crippen molar-refractivity contribution in [2.75, 3.05) is 35.7 Å². The van der Waals surface area contributed by atoms with Crippen LogP contribution < -0.4 is 20.3 Å². The van der Waals surface area contributed by atoms with E-state index in [9.17, 15) is 0 Å². The summed E-state index contributed by atoms with van der Waals surface area (Å²) in [6.07, 6.45) is 0. The number of ether oxygens (including phenoxy) is 1. The molecule has 0 aliphatic carbocycles. The molecule has 0 radical (unpaired) electrons. The van der Waals surface area contributed by atoms with Gasteiger partial charge in [0.1, 0.15) is 11.6 Å². The van der Waals surface area contributed by atoms with Crippen LogP contribution in [0.1, 0.15) is 13.8 Å².